The molecule has 1 saturated heterocycles. The van der Waals surface area contributed by atoms with Crippen molar-refractivity contribution in [1.82, 2.24) is 0 Å². The molecule has 6 atom stereocenters. The Morgan fingerprint density at radius 1 is 0.453 bits per heavy atom. The van der Waals surface area contributed by atoms with Crippen LogP contribution in [0, 0.1) is 0 Å². The smallest absolute Gasteiger partial charge is 0.335 e. The van der Waals surface area contributed by atoms with Gasteiger partial charge in [-0.2, -0.15) is 0 Å². The monoisotopic (exact) mass is 1050 g/mol. The molecule has 0 aromatic rings. The Bertz CT molecular complexity index is 1670. The van der Waals surface area contributed by atoms with Crippen molar-refractivity contribution in [2.75, 3.05) is 13.2 Å². The van der Waals surface area contributed by atoms with E-state index in [1.165, 1.54) is 38.5 Å². The third-order valence-electron chi connectivity index (χ3n) is 12.7. The molecular weight excluding hydrogens is 949 g/mol. The molecule has 0 spiro atoms. The summed E-state index contributed by atoms with van der Waals surface area (Å²) in [4.78, 5) is 51.0. The number of aliphatic hydroxyl groups excluding tert-OH is 2. The maximum absolute atomic E-state index is 13.1. The highest BCUT2D eigenvalue weighted by atomic mass is 16.7. The SMILES string of the molecule is CC/C=C\C/C=C\C/C=C\C/C=C\C/C=C\CCCCCC(=O)OC1C(OCC(COC(=O)CCCCCCCCC/C=C\C/C=C\C/C=C\CC)OC(=O)CCCCCCCCCCC)OC(C(=O)O)C(O)C1O. The zero-order valence-electron chi connectivity index (χ0n) is 46.8. The van der Waals surface area contributed by atoms with Crippen molar-refractivity contribution in [2.24, 2.45) is 0 Å². The van der Waals surface area contributed by atoms with Crippen molar-refractivity contribution < 1.29 is 58.2 Å². The van der Waals surface area contributed by atoms with Gasteiger partial charge in [-0.1, -0.05) is 208 Å². The van der Waals surface area contributed by atoms with Crippen LogP contribution >= 0.6 is 0 Å². The molecule has 0 aromatic carbocycles. The zero-order valence-corrected chi connectivity index (χ0v) is 46.8. The van der Waals surface area contributed by atoms with Crippen LogP contribution in [0.25, 0.3) is 0 Å². The van der Waals surface area contributed by atoms with Crippen LogP contribution in [0.4, 0.5) is 0 Å². The number of carbonyl (C=O) groups excluding carboxylic acids is 3. The van der Waals surface area contributed by atoms with E-state index >= 15 is 0 Å². The average Bonchev–Trinajstić information content (AvgIpc) is 3.39. The Morgan fingerprint density at radius 3 is 1.29 bits per heavy atom. The van der Waals surface area contributed by atoms with Crippen molar-refractivity contribution >= 4 is 23.9 Å². The maximum Gasteiger partial charge on any atom is 0.335 e. The van der Waals surface area contributed by atoms with Gasteiger partial charge in [0, 0.05) is 19.3 Å². The topological polar surface area (TPSA) is 175 Å². The molecule has 75 heavy (non-hydrogen) atoms. The number of hydrogen-bond donors (Lipinski definition) is 3. The second-order valence-corrected chi connectivity index (χ2v) is 19.5. The third-order valence-corrected chi connectivity index (χ3v) is 12.7. The first-order chi connectivity index (χ1) is 36.6. The van der Waals surface area contributed by atoms with Crippen molar-refractivity contribution in [2.45, 2.75) is 263 Å². The molecule has 1 aliphatic heterocycles. The molecule has 0 radical (unpaired) electrons. The zero-order chi connectivity index (χ0) is 54.7. The van der Waals surface area contributed by atoms with Crippen LogP contribution in [0.15, 0.2) is 97.2 Å². The van der Waals surface area contributed by atoms with Gasteiger partial charge in [0.25, 0.3) is 0 Å². The minimum absolute atomic E-state index is 0.0172. The molecule has 0 aliphatic carbocycles. The Hall–Kier alpha value is -4.36. The van der Waals surface area contributed by atoms with Gasteiger partial charge in [-0.05, 0) is 96.3 Å². The second-order valence-electron chi connectivity index (χ2n) is 19.5. The van der Waals surface area contributed by atoms with Crippen molar-refractivity contribution in [3.05, 3.63) is 97.2 Å². The van der Waals surface area contributed by atoms with E-state index in [0.29, 0.717) is 19.3 Å². The predicted molar refractivity (Wildman–Crippen MR) is 303 cm³/mol. The van der Waals surface area contributed by atoms with Gasteiger partial charge >= 0.3 is 23.9 Å². The molecule has 6 unspecified atom stereocenters. The van der Waals surface area contributed by atoms with Crippen LogP contribution in [-0.2, 0) is 42.9 Å². The largest absolute Gasteiger partial charge is 0.479 e. The first-order valence-electron chi connectivity index (χ1n) is 29.2. The highest BCUT2D eigenvalue weighted by Crippen LogP contribution is 2.26. The van der Waals surface area contributed by atoms with Crippen LogP contribution in [0.2, 0.25) is 0 Å². The van der Waals surface area contributed by atoms with Gasteiger partial charge in [0.1, 0.15) is 18.8 Å². The van der Waals surface area contributed by atoms with Crippen molar-refractivity contribution in [1.29, 1.82) is 0 Å². The van der Waals surface area contributed by atoms with E-state index < -0.39 is 67.3 Å². The lowest BCUT2D eigenvalue weighted by Crippen LogP contribution is -2.61. The molecule has 12 nitrogen and oxygen atoms in total. The van der Waals surface area contributed by atoms with Gasteiger partial charge in [-0.3, -0.25) is 14.4 Å². The molecule has 0 aromatic heterocycles. The van der Waals surface area contributed by atoms with E-state index in [1.54, 1.807) is 0 Å². The number of aliphatic hydroxyl groups is 2. The van der Waals surface area contributed by atoms with Crippen LogP contribution in [0.1, 0.15) is 226 Å². The normalized spacial score (nSPS) is 18.9. The summed E-state index contributed by atoms with van der Waals surface area (Å²) >= 11 is 0. The van der Waals surface area contributed by atoms with E-state index in [2.05, 4.69) is 118 Å². The number of rotatable bonds is 48. The number of esters is 3. The van der Waals surface area contributed by atoms with E-state index in [1.807, 2.05) is 0 Å². The van der Waals surface area contributed by atoms with Crippen molar-refractivity contribution in [3.8, 4) is 0 Å². The fourth-order valence-electron chi connectivity index (χ4n) is 8.23. The lowest BCUT2D eigenvalue weighted by Gasteiger charge is -2.40. The number of allylic oxidation sites excluding steroid dienone is 16. The highest BCUT2D eigenvalue weighted by molar-refractivity contribution is 5.74. The summed E-state index contributed by atoms with van der Waals surface area (Å²) in [5.74, 6) is -3.18. The van der Waals surface area contributed by atoms with Gasteiger partial charge in [-0.25, -0.2) is 4.79 Å². The number of aliphatic carboxylic acids is 1. The summed E-state index contributed by atoms with van der Waals surface area (Å²) < 4.78 is 28.3. The first kappa shape index (κ1) is 68.7. The fraction of sp³-hybridized carbons (Fsp3) is 0.683. The Kier molecular flexibility index (Phi) is 46.2. The molecule has 1 fully saturated rings. The Labute approximate surface area is 453 Å². The van der Waals surface area contributed by atoms with Crippen molar-refractivity contribution in [3.63, 3.8) is 0 Å². The molecule has 426 valence electrons. The maximum atomic E-state index is 13.1. The fourth-order valence-corrected chi connectivity index (χ4v) is 8.23. The summed E-state index contributed by atoms with van der Waals surface area (Å²) in [6.07, 6.45) is 53.9. The molecule has 0 bridgehead atoms. The Morgan fingerprint density at radius 2 is 0.840 bits per heavy atom. The minimum Gasteiger partial charge on any atom is -0.479 e. The minimum atomic E-state index is -1.92. The summed E-state index contributed by atoms with van der Waals surface area (Å²) in [5, 5.41) is 31.4. The number of carbonyl (C=O) groups is 4. The molecule has 0 amide bonds. The molecule has 3 N–H and O–H groups in total. The number of carboxylic acid groups (broad SMARTS) is 1. The van der Waals surface area contributed by atoms with Gasteiger partial charge in [0.05, 0.1) is 6.61 Å². The van der Waals surface area contributed by atoms with Crippen LogP contribution in [0.3, 0.4) is 0 Å². The van der Waals surface area contributed by atoms with E-state index in [4.69, 9.17) is 23.7 Å². The second kappa shape index (κ2) is 50.5. The number of hydrogen-bond acceptors (Lipinski definition) is 11. The number of ether oxygens (including phenoxy) is 5. The lowest BCUT2D eigenvalue weighted by atomic mass is 9.98. The molecule has 12 heteroatoms. The quantitative estimate of drug-likeness (QED) is 0.0228. The van der Waals surface area contributed by atoms with Crippen LogP contribution in [0.5, 0.6) is 0 Å². The van der Waals surface area contributed by atoms with E-state index in [9.17, 15) is 34.5 Å². The van der Waals surface area contributed by atoms with Crippen LogP contribution < -0.4 is 0 Å². The summed E-state index contributed by atoms with van der Waals surface area (Å²) in [6, 6.07) is 0. The predicted octanol–water partition coefficient (Wildman–Crippen LogP) is 14.9. The third kappa shape index (κ3) is 40.6. The van der Waals surface area contributed by atoms with Gasteiger partial charge < -0.3 is 39.0 Å². The molecule has 0 saturated carbocycles. The average molecular weight is 1050 g/mol. The summed E-state index contributed by atoms with van der Waals surface area (Å²) in [6.45, 7) is 5.71. The van der Waals surface area contributed by atoms with Crippen LogP contribution in [-0.4, -0.2) is 89.2 Å². The van der Waals surface area contributed by atoms with Gasteiger partial charge in [0.2, 0.25) is 0 Å². The standard InChI is InChI=1S/C63H102O12/c1-4-7-10-13-16-19-21-23-25-27-28-30-32-34-36-39-42-45-48-51-57(66)74-61-59(68)58(67)60(62(69)70)75-63(61)72-53-54(73-56(65)50-47-44-41-37-18-15-12-9-6-3)52-71-55(64)49-46-43-40-38-35-33-31-29-26-24-22-20-17-14-11-8-5-2/h7-8,10-11,16-17,19-20,23-26,28,30,34,36,54,58-61,63,67-68H,4-6,9,12-15,18,21-22,27,29,31-33,35,37-53H2,1-3H3,(H,69,70)/b10-7-,11-8-,19-16-,20-17-,25-23-,26-24-,30-28-,36-34-. The molecule has 1 heterocycles. The first-order valence-corrected chi connectivity index (χ1v) is 29.2. The lowest BCUT2D eigenvalue weighted by molar-refractivity contribution is -0.301. The Balaban J connectivity index is 2.67. The number of carboxylic acids is 1. The van der Waals surface area contributed by atoms with Gasteiger partial charge in [0.15, 0.2) is 24.6 Å². The molecular formula is C63H102O12. The highest BCUT2D eigenvalue weighted by Gasteiger charge is 2.50. The van der Waals surface area contributed by atoms with E-state index in [-0.39, 0.29) is 25.9 Å². The summed E-state index contributed by atoms with van der Waals surface area (Å²) in [7, 11) is 0. The molecule has 1 aliphatic rings. The number of unbranched alkanes of at least 4 members (excludes halogenated alkanes) is 18. The van der Waals surface area contributed by atoms with Gasteiger partial charge in [-0.15, -0.1) is 0 Å². The molecule has 1 rings (SSSR count). The summed E-state index contributed by atoms with van der Waals surface area (Å²) in [5.41, 5.74) is 0. The van der Waals surface area contributed by atoms with E-state index in [0.717, 1.165) is 128 Å².